The Balaban J connectivity index is 1.50. The second-order valence-corrected chi connectivity index (χ2v) is 11.7. The van der Waals surface area contributed by atoms with Crippen LogP contribution in [0.2, 0.25) is 5.02 Å². The molecule has 1 aromatic heterocycles. The summed E-state index contributed by atoms with van der Waals surface area (Å²) < 4.78 is 68.9. The maximum absolute atomic E-state index is 14.3. The Hall–Kier alpha value is -1.76. The van der Waals surface area contributed by atoms with Gasteiger partial charge in [0.15, 0.2) is 5.16 Å². The first-order chi connectivity index (χ1) is 16.8. The lowest BCUT2D eigenvalue weighted by atomic mass is 10.2. The number of aromatic nitrogens is 2. The predicted molar refractivity (Wildman–Crippen MR) is 129 cm³/mol. The molecule has 0 spiro atoms. The van der Waals surface area contributed by atoms with Gasteiger partial charge in [-0.15, -0.1) is 0 Å². The first kappa shape index (κ1) is 24.9. The lowest BCUT2D eigenvalue weighted by Gasteiger charge is -2.26. The molecule has 2 aliphatic heterocycles. The summed E-state index contributed by atoms with van der Waals surface area (Å²) in [5.74, 6) is -1.21. The van der Waals surface area contributed by atoms with E-state index in [1.165, 1.54) is 16.1 Å². The van der Waals surface area contributed by atoms with Gasteiger partial charge in [-0.3, -0.25) is 0 Å². The van der Waals surface area contributed by atoms with Gasteiger partial charge >= 0.3 is 0 Å². The van der Waals surface area contributed by atoms with Crippen molar-refractivity contribution in [1.29, 1.82) is 0 Å². The summed E-state index contributed by atoms with van der Waals surface area (Å²) in [6.45, 7) is 2.53. The van der Waals surface area contributed by atoms with Gasteiger partial charge in [0.05, 0.1) is 46.8 Å². The fourth-order valence-corrected chi connectivity index (χ4v) is 7.08. The molecule has 0 aliphatic carbocycles. The standard InChI is InChI=1S/C23H24ClF2N3O4S2/c24-22-17(18(25)4-5-19(22)26)14-34-23-27-20-12-16(35(30,31)28-7-10-32-11-8-28)3-6-21(20)29(23)13-15-2-1-9-33-15/h3-6,12,15H,1-2,7-11,13-14H2. The van der Waals surface area contributed by atoms with Gasteiger partial charge in [0, 0.05) is 31.0 Å². The SMILES string of the molecule is O=S(=O)(c1ccc2c(c1)nc(SCc1c(F)ccc(F)c1Cl)n2CC1CCCO1)N1CCOCC1. The minimum absolute atomic E-state index is 0.00185. The number of hydrogen-bond donors (Lipinski definition) is 0. The van der Waals surface area contributed by atoms with Crippen molar-refractivity contribution < 1.29 is 26.7 Å². The molecule has 0 amide bonds. The summed E-state index contributed by atoms with van der Waals surface area (Å²) in [5, 5.41) is 0.300. The molecule has 0 N–H and O–H groups in total. The monoisotopic (exact) mass is 543 g/mol. The Bertz CT molecular complexity index is 1340. The zero-order chi connectivity index (χ0) is 24.6. The van der Waals surface area contributed by atoms with Crippen LogP contribution in [0.3, 0.4) is 0 Å². The molecule has 3 aromatic rings. The molecule has 2 fully saturated rings. The highest BCUT2D eigenvalue weighted by atomic mass is 35.5. The van der Waals surface area contributed by atoms with Gasteiger partial charge < -0.3 is 14.0 Å². The van der Waals surface area contributed by atoms with Crippen LogP contribution in [0.1, 0.15) is 18.4 Å². The maximum Gasteiger partial charge on any atom is 0.243 e. The second kappa shape index (κ2) is 10.3. The van der Waals surface area contributed by atoms with E-state index in [1.54, 1.807) is 18.2 Å². The van der Waals surface area contributed by atoms with Crippen LogP contribution in [-0.2, 0) is 31.8 Å². The lowest BCUT2D eigenvalue weighted by Crippen LogP contribution is -2.40. The molecule has 1 atom stereocenters. The summed E-state index contributed by atoms with van der Waals surface area (Å²) in [5.41, 5.74) is 1.31. The second-order valence-electron chi connectivity index (χ2n) is 8.42. The van der Waals surface area contributed by atoms with Crippen molar-refractivity contribution in [3.05, 3.63) is 52.6 Å². The number of morpholine rings is 1. The van der Waals surface area contributed by atoms with Crippen LogP contribution in [0.5, 0.6) is 0 Å². The number of benzene rings is 2. The van der Waals surface area contributed by atoms with Gasteiger partial charge in [0.25, 0.3) is 0 Å². The van der Waals surface area contributed by atoms with Crippen molar-refractivity contribution in [1.82, 2.24) is 13.9 Å². The van der Waals surface area contributed by atoms with E-state index >= 15 is 0 Å². The Kier molecular flexibility index (Phi) is 7.34. The van der Waals surface area contributed by atoms with Crippen molar-refractivity contribution in [3.63, 3.8) is 0 Å². The number of rotatable bonds is 7. The summed E-state index contributed by atoms with van der Waals surface area (Å²) in [6.07, 6.45) is 1.86. The third-order valence-electron chi connectivity index (χ3n) is 6.19. The number of nitrogens with zero attached hydrogens (tertiary/aromatic N) is 3. The van der Waals surface area contributed by atoms with Crippen LogP contribution in [-0.4, -0.2) is 61.3 Å². The third-order valence-corrected chi connectivity index (χ3v) is 9.49. The predicted octanol–water partition coefficient (Wildman–Crippen LogP) is 4.46. The summed E-state index contributed by atoms with van der Waals surface area (Å²) in [7, 11) is -3.69. The Morgan fingerprint density at radius 2 is 1.89 bits per heavy atom. The van der Waals surface area contributed by atoms with Gasteiger partial charge in [-0.05, 0) is 43.2 Å². The van der Waals surface area contributed by atoms with Gasteiger partial charge in [-0.1, -0.05) is 23.4 Å². The highest BCUT2D eigenvalue weighted by Gasteiger charge is 2.28. The molecular weight excluding hydrogens is 520 g/mol. The Morgan fingerprint density at radius 3 is 2.63 bits per heavy atom. The first-order valence-electron chi connectivity index (χ1n) is 11.3. The molecule has 12 heteroatoms. The molecule has 1 unspecified atom stereocenters. The summed E-state index contributed by atoms with van der Waals surface area (Å²) in [4.78, 5) is 4.83. The number of thioether (sulfide) groups is 1. The van der Waals surface area contributed by atoms with E-state index in [1.807, 2.05) is 4.57 Å². The first-order valence-corrected chi connectivity index (χ1v) is 14.1. The average molecular weight is 544 g/mol. The Labute approximate surface area is 211 Å². The summed E-state index contributed by atoms with van der Waals surface area (Å²) in [6, 6.07) is 6.93. The topological polar surface area (TPSA) is 73.7 Å². The molecule has 7 nitrogen and oxygen atoms in total. The molecule has 3 heterocycles. The van der Waals surface area contributed by atoms with E-state index < -0.39 is 21.7 Å². The van der Waals surface area contributed by atoms with Gasteiger partial charge in [-0.25, -0.2) is 22.2 Å². The third kappa shape index (κ3) is 5.07. The van der Waals surface area contributed by atoms with Crippen LogP contribution >= 0.6 is 23.4 Å². The minimum Gasteiger partial charge on any atom is -0.379 e. The van der Waals surface area contributed by atoms with Crippen molar-refractivity contribution in [2.24, 2.45) is 0 Å². The molecule has 2 aromatic carbocycles. The zero-order valence-electron chi connectivity index (χ0n) is 18.8. The largest absolute Gasteiger partial charge is 0.379 e. The van der Waals surface area contributed by atoms with Gasteiger partial charge in [0.2, 0.25) is 10.0 Å². The molecule has 188 valence electrons. The normalized spacial score (nSPS) is 19.6. The summed E-state index contributed by atoms with van der Waals surface area (Å²) >= 11 is 7.23. The number of hydrogen-bond acceptors (Lipinski definition) is 6. The zero-order valence-corrected chi connectivity index (χ0v) is 21.1. The molecule has 0 saturated carbocycles. The van der Waals surface area contributed by atoms with Gasteiger partial charge in [-0.2, -0.15) is 4.31 Å². The van der Waals surface area contributed by atoms with Crippen LogP contribution in [0.4, 0.5) is 8.78 Å². The quantitative estimate of drug-likeness (QED) is 0.324. The average Bonchev–Trinajstić information content (AvgIpc) is 3.50. The number of ether oxygens (including phenoxy) is 2. The molecule has 0 bridgehead atoms. The number of sulfonamides is 1. The molecule has 0 radical (unpaired) electrons. The number of halogens is 3. The molecule has 5 rings (SSSR count). The number of fused-ring (bicyclic) bond motifs is 1. The van der Waals surface area contributed by atoms with Crippen molar-refractivity contribution in [2.45, 2.75) is 41.3 Å². The highest BCUT2D eigenvalue weighted by Crippen LogP contribution is 2.33. The van der Waals surface area contributed by atoms with Crippen molar-refractivity contribution in [2.75, 3.05) is 32.9 Å². The van der Waals surface area contributed by atoms with Crippen LogP contribution in [0.15, 0.2) is 40.4 Å². The van der Waals surface area contributed by atoms with Crippen molar-refractivity contribution >= 4 is 44.4 Å². The smallest absolute Gasteiger partial charge is 0.243 e. The van der Waals surface area contributed by atoms with E-state index in [2.05, 4.69) is 4.98 Å². The minimum atomic E-state index is -3.69. The van der Waals surface area contributed by atoms with Gasteiger partial charge in [0.1, 0.15) is 11.6 Å². The van der Waals surface area contributed by atoms with Crippen LogP contribution in [0, 0.1) is 11.6 Å². The molecule has 2 saturated heterocycles. The molecular formula is C23H24ClF2N3O4S2. The highest BCUT2D eigenvalue weighted by molar-refractivity contribution is 7.98. The fraction of sp³-hybridized carbons (Fsp3) is 0.435. The van der Waals surface area contributed by atoms with E-state index in [4.69, 9.17) is 21.1 Å². The van der Waals surface area contributed by atoms with Crippen LogP contribution in [0.25, 0.3) is 11.0 Å². The fourth-order valence-electron chi connectivity index (χ4n) is 4.30. The van der Waals surface area contributed by atoms with Crippen LogP contribution < -0.4 is 0 Å². The Morgan fingerprint density at radius 1 is 1.11 bits per heavy atom. The van der Waals surface area contributed by atoms with E-state index in [-0.39, 0.29) is 27.3 Å². The molecule has 35 heavy (non-hydrogen) atoms. The van der Waals surface area contributed by atoms with Crippen molar-refractivity contribution in [3.8, 4) is 0 Å². The maximum atomic E-state index is 14.3. The molecule has 2 aliphatic rings. The number of imidazole rings is 1. The van der Waals surface area contributed by atoms with E-state index in [9.17, 15) is 17.2 Å². The van der Waals surface area contributed by atoms with E-state index in [0.29, 0.717) is 50.1 Å². The van der Waals surface area contributed by atoms with E-state index in [0.717, 1.165) is 30.5 Å². The lowest BCUT2D eigenvalue weighted by molar-refractivity contribution is 0.0730.